The second-order valence-electron chi connectivity index (χ2n) is 8.52. The van der Waals surface area contributed by atoms with Crippen LogP contribution in [0, 0.1) is 23.4 Å². The zero-order valence-corrected chi connectivity index (χ0v) is 18.6. The minimum atomic E-state index is -0.938. The van der Waals surface area contributed by atoms with Gasteiger partial charge in [-0.2, -0.15) is 4.98 Å². The summed E-state index contributed by atoms with van der Waals surface area (Å²) >= 11 is 0. The Morgan fingerprint density at radius 1 is 0.971 bits per heavy atom. The number of hydrogen-bond acceptors (Lipinski definition) is 5. The number of anilines is 1. The molecule has 5 rings (SSSR count). The molecule has 6 nitrogen and oxygen atoms in total. The third-order valence-electron chi connectivity index (χ3n) is 6.29. The van der Waals surface area contributed by atoms with Gasteiger partial charge in [0.2, 0.25) is 5.95 Å². The summed E-state index contributed by atoms with van der Waals surface area (Å²) in [5.74, 6) is -1.01. The molecule has 4 aromatic rings. The maximum Gasteiger partial charge on any atom is 0.225 e. The molecule has 0 amide bonds. The molecule has 176 valence electrons. The molecule has 0 bridgehead atoms. The smallest absolute Gasteiger partial charge is 0.225 e. The summed E-state index contributed by atoms with van der Waals surface area (Å²) in [6, 6.07) is 10.6. The van der Waals surface area contributed by atoms with E-state index in [4.69, 9.17) is 0 Å². The van der Waals surface area contributed by atoms with Gasteiger partial charge in [-0.25, -0.2) is 23.1 Å². The van der Waals surface area contributed by atoms with Gasteiger partial charge in [-0.15, -0.1) is 0 Å². The molecule has 1 saturated heterocycles. The number of aryl methyl sites for hydroxylation is 1. The van der Waals surface area contributed by atoms with Crippen molar-refractivity contribution in [1.82, 2.24) is 24.8 Å². The Balaban J connectivity index is 1.50. The van der Waals surface area contributed by atoms with Crippen molar-refractivity contribution >= 4 is 17.1 Å². The number of imidazole rings is 1. The summed E-state index contributed by atoms with van der Waals surface area (Å²) in [6.07, 6.45) is 4.56. The van der Waals surface area contributed by atoms with Crippen LogP contribution in [0.3, 0.4) is 0 Å². The van der Waals surface area contributed by atoms with Crippen LogP contribution in [0.4, 0.5) is 19.1 Å². The first-order valence-electron chi connectivity index (χ1n) is 11.5. The summed E-state index contributed by atoms with van der Waals surface area (Å²) in [5.41, 5.74) is 1.59. The van der Waals surface area contributed by atoms with Crippen molar-refractivity contribution in [3.8, 4) is 11.4 Å². The van der Waals surface area contributed by atoms with E-state index in [1.165, 1.54) is 18.2 Å². The van der Waals surface area contributed by atoms with Crippen molar-refractivity contribution in [2.45, 2.75) is 32.4 Å². The molecule has 0 radical (unpaired) electrons. The number of benzene rings is 2. The van der Waals surface area contributed by atoms with Gasteiger partial charge in [0.25, 0.3) is 0 Å². The number of fused-ring (bicyclic) bond motifs is 1. The van der Waals surface area contributed by atoms with Crippen LogP contribution in [-0.4, -0.2) is 32.6 Å². The lowest BCUT2D eigenvalue weighted by Crippen LogP contribution is -2.28. The van der Waals surface area contributed by atoms with E-state index in [0.29, 0.717) is 41.0 Å². The Morgan fingerprint density at radius 3 is 2.59 bits per heavy atom. The topological polar surface area (TPSA) is 67.7 Å². The molecule has 3 heterocycles. The number of nitrogens with one attached hydrogen (secondary N) is 2. The first kappa shape index (κ1) is 22.3. The van der Waals surface area contributed by atoms with Gasteiger partial charge >= 0.3 is 0 Å². The van der Waals surface area contributed by atoms with E-state index in [1.54, 1.807) is 24.4 Å². The maximum atomic E-state index is 14.7. The van der Waals surface area contributed by atoms with Gasteiger partial charge < -0.3 is 15.2 Å². The van der Waals surface area contributed by atoms with Gasteiger partial charge in [0.05, 0.1) is 11.8 Å². The third kappa shape index (κ3) is 4.61. The Bertz CT molecular complexity index is 1300. The summed E-state index contributed by atoms with van der Waals surface area (Å²) in [6.45, 7) is 2.74. The first-order chi connectivity index (χ1) is 16.6. The fourth-order valence-corrected chi connectivity index (χ4v) is 4.40. The number of nitrogens with zero attached hydrogens (tertiary/aromatic N) is 4. The van der Waals surface area contributed by atoms with Gasteiger partial charge in [0.15, 0.2) is 17.3 Å². The quantitative estimate of drug-likeness (QED) is 0.405. The molecule has 2 aromatic heterocycles. The lowest BCUT2D eigenvalue weighted by molar-refractivity contribution is 0.339. The van der Waals surface area contributed by atoms with Crippen molar-refractivity contribution in [3.63, 3.8) is 0 Å². The van der Waals surface area contributed by atoms with E-state index < -0.39 is 11.6 Å². The third-order valence-corrected chi connectivity index (χ3v) is 6.29. The molecule has 0 atom stereocenters. The largest absolute Gasteiger partial charge is 0.350 e. The molecule has 2 N–H and O–H groups in total. The Hall–Kier alpha value is -3.46. The highest BCUT2D eigenvalue weighted by Gasteiger charge is 2.21. The first-order valence-corrected chi connectivity index (χ1v) is 11.5. The standard InChI is InChI=1S/C25H25F3N6/c26-19-6-2-1-4-17(19)14-30-25-31-15-21-24(33-25)34(13-10-16-8-11-29-12-9-16)23(32-21)18-5-3-7-20(27)22(18)28/h1-7,15-16,29H,8-14H2,(H,30,31,33). The average molecular weight is 467 g/mol. The van der Waals surface area contributed by atoms with Crippen LogP contribution in [0.2, 0.25) is 0 Å². The summed E-state index contributed by atoms with van der Waals surface area (Å²) in [5, 5.41) is 6.41. The Labute approximate surface area is 195 Å². The van der Waals surface area contributed by atoms with E-state index in [1.807, 2.05) is 4.57 Å². The molecule has 9 heteroatoms. The SMILES string of the molecule is Fc1ccccc1CNc1ncc2nc(-c3cccc(F)c3F)n(CCC3CCNCC3)c2n1. The molecule has 0 spiro atoms. The van der Waals surface area contributed by atoms with Crippen LogP contribution < -0.4 is 10.6 Å². The van der Waals surface area contributed by atoms with Crippen molar-refractivity contribution in [3.05, 3.63) is 71.7 Å². The second kappa shape index (κ2) is 9.80. The highest BCUT2D eigenvalue weighted by molar-refractivity contribution is 5.77. The highest BCUT2D eigenvalue weighted by atomic mass is 19.2. The minimum absolute atomic E-state index is 0.0872. The summed E-state index contributed by atoms with van der Waals surface area (Å²) in [7, 11) is 0. The van der Waals surface area contributed by atoms with E-state index in [9.17, 15) is 13.2 Å². The minimum Gasteiger partial charge on any atom is -0.350 e. The van der Waals surface area contributed by atoms with Gasteiger partial charge in [0, 0.05) is 18.7 Å². The van der Waals surface area contributed by atoms with Crippen LogP contribution in [0.25, 0.3) is 22.6 Å². The number of piperidine rings is 1. The van der Waals surface area contributed by atoms with Gasteiger partial charge in [0.1, 0.15) is 17.2 Å². The summed E-state index contributed by atoms with van der Waals surface area (Å²) in [4.78, 5) is 13.5. The lowest BCUT2D eigenvalue weighted by Gasteiger charge is -2.23. The van der Waals surface area contributed by atoms with Crippen molar-refractivity contribution < 1.29 is 13.2 Å². The predicted molar refractivity (Wildman–Crippen MR) is 125 cm³/mol. The van der Waals surface area contributed by atoms with Crippen LogP contribution >= 0.6 is 0 Å². The fourth-order valence-electron chi connectivity index (χ4n) is 4.40. The highest BCUT2D eigenvalue weighted by Crippen LogP contribution is 2.29. The maximum absolute atomic E-state index is 14.7. The molecule has 34 heavy (non-hydrogen) atoms. The summed E-state index contributed by atoms with van der Waals surface area (Å²) < 4.78 is 44.5. The monoisotopic (exact) mass is 466 g/mol. The van der Waals surface area contributed by atoms with E-state index in [0.717, 1.165) is 38.4 Å². The van der Waals surface area contributed by atoms with E-state index >= 15 is 0 Å². The zero-order valence-electron chi connectivity index (χ0n) is 18.6. The molecule has 1 fully saturated rings. The number of hydrogen-bond donors (Lipinski definition) is 2. The zero-order chi connectivity index (χ0) is 23.5. The lowest BCUT2D eigenvalue weighted by atomic mass is 9.95. The van der Waals surface area contributed by atoms with Crippen molar-refractivity contribution in [2.75, 3.05) is 18.4 Å². The molecule has 0 unspecified atom stereocenters. The normalized spacial score (nSPS) is 14.6. The van der Waals surface area contributed by atoms with Gasteiger partial charge in [-0.05, 0) is 56.5 Å². The van der Waals surface area contributed by atoms with E-state index in [-0.39, 0.29) is 17.9 Å². The molecule has 2 aromatic carbocycles. The van der Waals surface area contributed by atoms with Gasteiger partial charge in [-0.1, -0.05) is 24.3 Å². The Morgan fingerprint density at radius 2 is 1.76 bits per heavy atom. The number of rotatable bonds is 7. The average Bonchev–Trinajstić information content (AvgIpc) is 3.22. The van der Waals surface area contributed by atoms with Crippen molar-refractivity contribution in [2.24, 2.45) is 5.92 Å². The van der Waals surface area contributed by atoms with Gasteiger partial charge in [-0.3, -0.25) is 0 Å². The molecular formula is C25H25F3N6. The fraction of sp³-hybridized carbons (Fsp3) is 0.320. The van der Waals surface area contributed by atoms with Crippen LogP contribution in [0.5, 0.6) is 0 Å². The molecule has 0 saturated carbocycles. The van der Waals surface area contributed by atoms with Crippen molar-refractivity contribution in [1.29, 1.82) is 0 Å². The number of halogens is 3. The van der Waals surface area contributed by atoms with E-state index in [2.05, 4.69) is 25.6 Å². The van der Waals surface area contributed by atoms with Crippen LogP contribution in [0.1, 0.15) is 24.8 Å². The molecular weight excluding hydrogens is 441 g/mol. The molecule has 0 aliphatic carbocycles. The second-order valence-corrected chi connectivity index (χ2v) is 8.52. The molecule has 1 aliphatic heterocycles. The van der Waals surface area contributed by atoms with Crippen LogP contribution in [-0.2, 0) is 13.1 Å². The number of aromatic nitrogens is 4. The predicted octanol–water partition coefficient (Wildman–Crippen LogP) is 4.91. The Kier molecular flexibility index (Phi) is 6.44. The van der Waals surface area contributed by atoms with Crippen LogP contribution in [0.15, 0.2) is 48.7 Å². The molecule has 1 aliphatic rings.